The van der Waals surface area contributed by atoms with Gasteiger partial charge in [-0.2, -0.15) is 0 Å². The Labute approximate surface area is 129 Å². The molecule has 120 valence electrons. The zero-order chi connectivity index (χ0) is 15.7. The molecule has 0 unspecified atom stereocenters. The molecule has 2 aliphatic rings. The highest BCUT2D eigenvalue weighted by Crippen LogP contribution is 2.30. The van der Waals surface area contributed by atoms with E-state index in [9.17, 15) is 13.6 Å². The molecule has 0 aliphatic carbocycles. The van der Waals surface area contributed by atoms with Crippen molar-refractivity contribution in [2.45, 2.75) is 44.6 Å². The minimum Gasteiger partial charge on any atom is -0.336 e. The van der Waals surface area contributed by atoms with Gasteiger partial charge in [0.2, 0.25) is 0 Å². The van der Waals surface area contributed by atoms with Gasteiger partial charge in [0.25, 0.3) is 5.91 Å². The van der Waals surface area contributed by atoms with Crippen LogP contribution in [0.2, 0.25) is 0 Å². The fourth-order valence-electron chi connectivity index (χ4n) is 3.56. The first-order valence-corrected chi connectivity index (χ1v) is 8.08. The molecule has 22 heavy (non-hydrogen) atoms. The first-order chi connectivity index (χ1) is 10.6. The van der Waals surface area contributed by atoms with Crippen molar-refractivity contribution in [3.8, 4) is 0 Å². The average Bonchev–Trinajstić information content (AvgIpc) is 2.95. The van der Waals surface area contributed by atoms with Crippen molar-refractivity contribution in [2.75, 3.05) is 19.6 Å². The Bertz CT molecular complexity index is 570. The fraction of sp³-hybridized carbons (Fsp3) is 0.588. The molecule has 0 bridgehead atoms. The van der Waals surface area contributed by atoms with E-state index >= 15 is 0 Å². The molecule has 0 radical (unpaired) electrons. The fourth-order valence-corrected chi connectivity index (χ4v) is 3.56. The van der Waals surface area contributed by atoms with Crippen LogP contribution in [0.3, 0.4) is 0 Å². The molecule has 0 saturated carbocycles. The maximum absolute atomic E-state index is 14.4. The molecule has 5 heteroatoms. The molecule has 1 N–H and O–H groups in total. The third-order valence-corrected chi connectivity index (χ3v) is 4.91. The van der Waals surface area contributed by atoms with Crippen molar-refractivity contribution >= 4 is 5.91 Å². The Morgan fingerprint density at radius 1 is 1.18 bits per heavy atom. The van der Waals surface area contributed by atoms with Crippen LogP contribution in [0.15, 0.2) is 12.1 Å². The van der Waals surface area contributed by atoms with Crippen LogP contribution in [-0.4, -0.2) is 36.5 Å². The minimum absolute atomic E-state index is 0.0330. The Hall–Kier alpha value is -1.49. The largest absolute Gasteiger partial charge is 0.336 e. The summed E-state index contributed by atoms with van der Waals surface area (Å²) in [6.07, 6.45) is 3.44. The first-order valence-electron chi connectivity index (χ1n) is 8.08. The van der Waals surface area contributed by atoms with E-state index < -0.39 is 17.5 Å². The third-order valence-electron chi connectivity index (χ3n) is 4.91. The van der Waals surface area contributed by atoms with E-state index in [0.717, 1.165) is 44.8 Å². The number of likely N-dealkylation sites (tertiary alicyclic amines) is 1. The molecule has 1 atom stereocenters. The smallest absolute Gasteiger partial charge is 0.257 e. The number of amides is 1. The number of carbonyl (C=O) groups is 1. The first kappa shape index (κ1) is 15.4. The van der Waals surface area contributed by atoms with Crippen LogP contribution in [0.1, 0.15) is 54.4 Å². The van der Waals surface area contributed by atoms with E-state index in [1.165, 1.54) is 6.07 Å². The van der Waals surface area contributed by atoms with Crippen LogP contribution in [0.4, 0.5) is 8.78 Å². The Morgan fingerprint density at radius 2 is 1.91 bits per heavy atom. The van der Waals surface area contributed by atoms with Crippen molar-refractivity contribution in [3.63, 3.8) is 0 Å². The number of halogens is 2. The molecule has 0 spiro atoms. The Balaban J connectivity index is 1.87. The van der Waals surface area contributed by atoms with E-state index in [0.29, 0.717) is 12.1 Å². The van der Waals surface area contributed by atoms with Crippen molar-refractivity contribution in [2.24, 2.45) is 0 Å². The third kappa shape index (κ3) is 2.86. The molecular formula is C17H22F2N2O. The van der Waals surface area contributed by atoms with E-state index in [1.54, 1.807) is 4.90 Å². The molecule has 0 aromatic heterocycles. The summed E-state index contributed by atoms with van der Waals surface area (Å²) >= 11 is 0. The number of hydrogen-bond donors (Lipinski definition) is 1. The van der Waals surface area contributed by atoms with Gasteiger partial charge in [0.05, 0.1) is 5.56 Å². The molecule has 1 aromatic carbocycles. The number of nitrogens with one attached hydrogen (secondary N) is 1. The van der Waals surface area contributed by atoms with E-state index in [4.69, 9.17) is 0 Å². The summed E-state index contributed by atoms with van der Waals surface area (Å²) in [5.74, 6) is -1.41. The van der Waals surface area contributed by atoms with Crippen LogP contribution in [0, 0.1) is 11.6 Å². The topological polar surface area (TPSA) is 32.3 Å². The zero-order valence-corrected chi connectivity index (χ0v) is 12.9. The zero-order valence-electron chi connectivity index (χ0n) is 12.9. The summed E-state index contributed by atoms with van der Waals surface area (Å²) in [6.45, 7) is 4.20. The normalized spacial score (nSPS) is 23.0. The van der Waals surface area contributed by atoms with E-state index in [-0.39, 0.29) is 17.5 Å². The average molecular weight is 308 g/mol. The summed E-state index contributed by atoms with van der Waals surface area (Å²) in [5.41, 5.74) is 0.272. The second-order valence-corrected chi connectivity index (χ2v) is 6.37. The number of carbonyl (C=O) groups excluding carboxylic acids is 1. The molecule has 1 aromatic rings. The van der Waals surface area contributed by atoms with Gasteiger partial charge in [-0.1, -0.05) is 0 Å². The van der Waals surface area contributed by atoms with Gasteiger partial charge in [-0.25, -0.2) is 8.78 Å². The van der Waals surface area contributed by atoms with Crippen LogP contribution in [-0.2, 0) is 0 Å². The highest BCUT2D eigenvalue weighted by molar-refractivity contribution is 5.95. The number of piperidine rings is 1. The lowest BCUT2D eigenvalue weighted by atomic mass is 9.89. The van der Waals surface area contributed by atoms with Gasteiger partial charge in [-0.15, -0.1) is 0 Å². The van der Waals surface area contributed by atoms with Crippen LogP contribution in [0.5, 0.6) is 0 Å². The molecule has 3 nitrogen and oxygen atoms in total. The lowest BCUT2D eigenvalue weighted by molar-refractivity contribution is 0.0742. The van der Waals surface area contributed by atoms with Gasteiger partial charge in [0, 0.05) is 12.6 Å². The standard InChI is InChI=1S/C17H22F2N2O/c1-11-3-2-8-21(11)17(22)14-10-15(18)13(9-16(14)19)12-4-6-20-7-5-12/h9-12,20H,2-8H2,1H3/t11-/m0/s1. The van der Waals surface area contributed by atoms with Gasteiger partial charge >= 0.3 is 0 Å². The molecule has 3 rings (SSSR count). The van der Waals surface area contributed by atoms with Crippen LogP contribution in [0.25, 0.3) is 0 Å². The maximum Gasteiger partial charge on any atom is 0.257 e. The number of hydrogen-bond acceptors (Lipinski definition) is 2. The number of nitrogens with zero attached hydrogens (tertiary/aromatic N) is 1. The quantitative estimate of drug-likeness (QED) is 0.911. The summed E-state index contributed by atoms with van der Waals surface area (Å²) < 4.78 is 28.8. The molecule has 2 heterocycles. The highest BCUT2D eigenvalue weighted by Gasteiger charge is 2.29. The van der Waals surface area contributed by atoms with Crippen LogP contribution < -0.4 is 5.32 Å². The molecular weight excluding hydrogens is 286 g/mol. The highest BCUT2D eigenvalue weighted by atomic mass is 19.1. The second-order valence-electron chi connectivity index (χ2n) is 6.37. The molecule has 2 fully saturated rings. The molecule has 2 saturated heterocycles. The van der Waals surface area contributed by atoms with Gasteiger partial charge in [0.1, 0.15) is 11.6 Å². The molecule has 1 amide bonds. The predicted molar refractivity (Wildman–Crippen MR) is 80.9 cm³/mol. The summed E-state index contributed by atoms with van der Waals surface area (Å²) in [7, 11) is 0. The van der Waals surface area contributed by atoms with Gasteiger partial charge in [-0.05, 0) is 69.3 Å². The summed E-state index contributed by atoms with van der Waals surface area (Å²) in [6, 6.07) is 2.43. The Kier molecular flexibility index (Phi) is 4.43. The summed E-state index contributed by atoms with van der Waals surface area (Å²) in [4.78, 5) is 14.1. The SMILES string of the molecule is C[C@H]1CCCN1C(=O)c1cc(F)c(C2CCNCC2)cc1F. The van der Waals surface area contributed by atoms with E-state index in [1.807, 2.05) is 6.92 Å². The Morgan fingerprint density at radius 3 is 2.55 bits per heavy atom. The van der Waals surface area contributed by atoms with Crippen molar-refractivity contribution in [1.82, 2.24) is 10.2 Å². The van der Waals surface area contributed by atoms with Crippen LogP contribution >= 0.6 is 0 Å². The second kappa shape index (κ2) is 6.32. The van der Waals surface area contributed by atoms with Crippen molar-refractivity contribution in [3.05, 3.63) is 34.9 Å². The van der Waals surface area contributed by atoms with Crippen molar-refractivity contribution in [1.29, 1.82) is 0 Å². The predicted octanol–water partition coefficient (Wildman–Crippen LogP) is 3.06. The number of benzene rings is 1. The molecule has 2 aliphatic heterocycles. The lowest BCUT2D eigenvalue weighted by Crippen LogP contribution is -2.34. The van der Waals surface area contributed by atoms with E-state index in [2.05, 4.69) is 5.32 Å². The lowest BCUT2D eigenvalue weighted by Gasteiger charge is -2.25. The minimum atomic E-state index is -0.598. The monoisotopic (exact) mass is 308 g/mol. The van der Waals surface area contributed by atoms with Crippen molar-refractivity contribution < 1.29 is 13.6 Å². The number of rotatable bonds is 2. The van der Waals surface area contributed by atoms with Gasteiger partial charge < -0.3 is 10.2 Å². The summed E-state index contributed by atoms with van der Waals surface area (Å²) in [5, 5.41) is 3.21. The van der Waals surface area contributed by atoms with Gasteiger partial charge in [0.15, 0.2) is 0 Å². The van der Waals surface area contributed by atoms with Gasteiger partial charge in [-0.3, -0.25) is 4.79 Å². The maximum atomic E-state index is 14.4.